The molecule has 0 aromatic heterocycles. The lowest BCUT2D eigenvalue weighted by molar-refractivity contribution is 1.65. The van der Waals surface area contributed by atoms with E-state index >= 15 is 0 Å². The van der Waals surface area contributed by atoms with Crippen molar-refractivity contribution in [2.75, 3.05) is 0 Å². The zero-order valence-electron chi connectivity index (χ0n) is 15.6. The molecule has 0 bridgehead atoms. The molecule has 1 heterocycles. The van der Waals surface area contributed by atoms with Crippen molar-refractivity contribution >= 4 is 64.2 Å². The Morgan fingerprint density at radius 3 is 1.31 bits per heavy atom. The van der Waals surface area contributed by atoms with E-state index in [4.69, 9.17) is 23.2 Å². The third-order valence-electron chi connectivity index (χ3n) is 5.69. The quantitative estimate of drug-likeness (QED) is 0.352. The Hall–Kier alpha value is -2.58. The summed E-state index contributed by atoms with van der Waals surface area (Å²) in [4.78, 5) is 0. The standard InChI is InChI=1S/C26H18Cl2Si/c27-21-15-13-19-11-12-20-14-16-22(28)18-26(20)29(25(19)17-21,23-7-3-1-4-8-23)24-9-5-2-6-10-24/h1-18H. The first-order chi connectivity index (χ1) is 14.2. The van der Waals surface area contributed by atoms with Crippen LogP contribution in [0.25, 0.3) is 12.2 Å². The number of rotatable bonds is 2. The Balaban J connectivity index is 2.02. The average Bonchev–Trinajstić information content (AvgIpc) is 2.89. The van der Waals surface area contributed by atoms with Crippen LogP contribution in [0.15, 0.2) is 97.1 Å². The van der Waals surface area contributed by atoms with Gasteiger partial charge in [0.1, 0.15) is 0 Å². The summed E-state index contributed by atoms with van der Waals surface area (Å²) in [6.07, 6.45) is 4.41. The summed E-state index contributed by atoms with van der Waals surface area (Å²) in [5.41, 5.74) is 2.42. The molecular weight excluding hydrogens is 411 g/mol. The molecule has 140 valence electrons. The maximum Gasteiger partial charge on any atom is 0.180 e. The molecule has 0 spiro atoms. The van der Waals surface area contributed by atoms with E-state index in [0.717, 1.165) is 10.0 Å². The van der Waals surface area contributed by atoms with E-state index in [1.807, 2.05) is 12.1 Å². The molecule has 0 amide bonds. The monoisotopic (exact) mass is 428 g/mol. The van der Waals surface area contributed by atoms with Crippen molar-refractivity contribution in [1.82, 2.24) is 0 Å². The molecule has 0 atom stereocenters. The van der Waals surface area contributed by atoms with Gasteiger partial charge in [0.25, 0.3) is 0 Å². The predicted molar refractivity (Wildman–Crippen MR) is 129 cm³/mol. The number of fused-ring (bicyclic) bond motifs is 2. The summed E-state index contributed by atoms with van der Waals surface area (Å²) >= 11 is 13.1. The Bertz CT molecular complexity index is 1120. The lowest BCUT2D eigenvalue weighted by Crippen LogP contribution is -2.75. The van der Waals surface area contributed by atoms with Crippen LogP contribution in [-0.4, -0.2) is 8.07 Å². The van der Waals surface area contributed by atoms with E-state index < -0.39 is 8.07 Å². The van der Waals surface area contributed by atoms with Crippen molar-refractivity contribution in [2.45, 2.75) is 0 Å². The average molecular weight is 429 g/mol. The van der Waals surface area contributed by atoms with Crippen LogP contribution in [0.4, 0.5) is 0 Å². The van der Waals surface area contributed by atoms with Crippen LogP contribution in [0.5, 0.6) is 0 Å². The fraction of sp³-hybridized carbons (Fsp3) is 0. The van der Waals surface area contributed by atoms with E-state index in [9.17, 15) is 0 Å². The predicted octanol–water partition coefficient (Wildman–Crippen LogP) is 4.85. The Labute approximate surface area is 182 Å². The summed E-state index contributed by atoms with van der Waals surface area (Å²) in [5.74, 6) is 0. The number of hydrogen-bond donors (Lipinski definition) is 0. The Morgan fingerprint density at radius 1 is 0.483 bits per heavy atom. The molecule has 0 nitrogen and oxygen atoms in total. The van der Waals surface area contributed by atoms with Gasteiger partial charge in [0, 0.05) is 10.0 Å². The molecule has 0 N–H and O–H groups in total. The van der Waals surface area contributed by atoms with Gasteiger partial charge in [0.15, 0.2) is 8.07 Å². The van der Waals surface area contributed by atoms with Crippen LogP contribution in [0.2, 0.25) is 10.0 Å². The van der Waals surface area contributed by atoms with Gasteiger partial charge in [-0.2, -0.15) is 0 Å². The number of benzene rings is 4. The molecule has 0 fully saturated rings. The third-order valence-corrected chi connectivity index (χ3v) is 11.0. The zero-order chi connectivity index (χ0) is 19.8. The van der Waals surface area contributed by atoms with Gasteiger partial charge < -0.3 is 0 Å². The normalized spacial score (nSPS) is 14.0. The molecule has 4 aromatic rings. The van der Waals surface area contributed by atoms with Gasteiger partial charge >= 0.3 is 0 Å². The van der Waals surface area contributed by atoms with Crippen LogP contribution >= 0.6 is 23.2 Å². The zero-order valence-corrected chi connectivity index (χ0v) is 18.2. The van der Waals surface area contributed by atoms with E-state index in [-0.39, 0.29) is 0 Å². The highest BCUT2D eigenvalue weighted by Crippen LogP contribution is 2.23. The Kier molecular flexibility index (Phi) is 4.67. The fourth-order valence-electron chi connectivity index (χ4n) is 4.49. The Morgan fingerprint density at radius 2 is 0.897 bits per heavy atom. The van der Waals surface area contributed by atoms with Crippen molar-refractivity contribution in [3.63, 3.8) is 0 Å². The van der Waals surface area contributed by atoms with E-state index in [1.54, 1.807) is 0 Å². The van der Waals surface area contributed by atoms with Crippen molar-refractivity contribution in [3.8, 4) is 0 Å². The second kappa shape index (κ2) is 7.35. The minimum atomic E-state index is -2.62. The molecule has 1 aliphatic rings. The molecule has 29 heavy (non-hydrogen) atoms. The SMILES string of the molecule is Clc1ccc2c(c1)[Si](c1ccccc1)(c1ccccc1)c1cc(Cl)ccc1C=C2. The topological polar surface area (TPSA) is 0 Å². The van der Waals surface area contributed by atoms with E-state index in [2.05, 4.69) is 97.1 Å². The summed E-state index contributed by atoms with van der Waals surface area (Å²) in [6.45, 7) is 0. The third kappa shape index (κ3) is 2.98. The van der Waals surface area contributed by atoms with Gasteiger partial charge in [-0.05, 0) is 56.1 Å². The van der Waals surface area contributed by atoms with Crippen molar-refractivity contribution < 1.29 is 0 Å². The molecule has 5 rings (SSSR count). The van der Waals surface area contributed by atoms with Crippen LogP contribution in [0.1, 0.15) is 11.1 Å². The van der Waals surface area contributed by atoms with Gasteiger partial charge in [-0.25, -0.2) is 0 Å². The molecule has 0 radical (unpaired) electrons. The summed E-state index contributed by atoms with van der Waals surface area (Å²) in [6, 6.07) is 34.2. The van der Waals surface area contributed by atoms with Gasteiger partial charge in [-0.3, -0.25) is 0 Å². The second-order valence-electron chi connectivity index (χ2n) is 7.28. The maximum absolute atomic E-state index is 6.56. The molecule has 3 heteroatoms. The van der Waals surface area contributed by atoms with E-state index in [0.29, 0.717) is 0 Å². The smallest absolute Gasteiger partial charge is 0.0843 e. The van der Waals surface area contributed by atoms with Crippen LogP contribution in [-0.2, 0) is 0 Å². The van der Waals surface area contributed by atoms with Gasteiger partial charge in [-0.1, -0.05) is 108 Å². The summed E-state index contributed by atoms with van der Waals surface area (Å²) in [5, 5.41) is 6.74. The summed E-state index contributed by atoms with van der Waals surface area (Å²) in [7, 11) is -2.62. The van der Waals surface area contributed by atoms with Crippen molar-refractivity contribution in [3.05, 3.63) is 118 Å². The number of halogens is 2. The highest BCUT2D eigenvalue weighted by Gasteiger charge is 2.44. The minimum absolute atomic E-state index is 0.756. The highest BCUT2D eigenvalue weighted by atomic mass is 35.5. The first kappa shape index (κ1) is 18.4. The largest absolute Gasteiger partial charge is 0.180 e. The highest BCUT2D eigenvalue weighted by molar-refractivity contribution is 7.20. The van der Waals surface area contributed by atoms with Crippen LogP contribution in [0.3, 0.4) is 0 Å². The molecule has 4 aromatic carbocycles. The maximum atomic E-state index is 6.56. The second-order valence-corrected chi connectivity index (χ2v) is 11.9. The lowest BCUT2D eigenvalue weighted by atomic mass is 10.1. The first-order valence-corrected chi connectivity index (χ1v) is 12.3. The molecule has 1 aliphatic heterocycles. The molecule has 0 unspecified atom stereocenters. The van der Waals surface area contributed by atoms with Gasteiger partial charge in [-0.15, -0.1) is 0 Å². The van der Waals surface area contributed by atoms with Crippen molar-refractivity contribution in [1.29, 1.82) is 0 Å². The summed E-state index contributed by atoms with van der Waals surface area (Å²) < 4.78 is 0. The molecule has 0 saturated carbocycles. The molecule has 0 saturated heterocycles. The fourth-order valence-corrected chi connectivity index (χ4v) is 10.2. The van der Waals surface area contributed by atoms with Gasteiger partial charge in [0.05, 0.1) is 0 Å². The minimum Gasteiger partial charge on any atom is -0.0843 e. The van der Waals surface area contributed by atoms with E-state index in [1.165, 1.54) is 31.9 Å². The molecular formula is C26H18Cl2Si. The van der Waals surface area contributed by atoms with Crippen molar-refractivity contribution in [2.24, 2.45) is 0 Å². The molecule has 0 aliphatic carbocycles. The van der Waals surface area contributed by atoms with Crippen LogP contribution < -0.4 is 20.7 Å². The number of hydrogen-bond acceptors (Lipinski definition) is 0. The van der Waals surface area contributed by atoms with Crippen LogP contribution in [0, 0.1) is 0 Å². The lowest BCUT2D eigenvalue weighted by Gasteiger charge is -2.36. The first-order valence-electron chi connectivity index (χ1n) is 9.59. The van der Waals surface area contributed by atoms with Gasteiger partial charge in [0.2, 0.25) is 0 Å².